The molecule has 0 saturated heterocycles. The average Bonchev–Trinajstić information content (AvgIpc) is 2.68. The Balaban J connectivity index is 3.43. The molecule has 0 aliphatic rings. The summed E-state index contributed by atoms with van der Waals surface area (Å²) in [5.74, 6) is -0.306. The van der Waals surface area contributed by atoms with Gasteiger partial charge in [-0.3, -0.25) is 4.79 Å². The second-order valence-electron chi connectivity index (χ2n) is 11.3. The molecule has 8 nitrogen and oxygen atoms in total. The highest BCUT2D eigenvalue weighted by Gasteiger charge is 2.40. The Kier molecular flexibility index (Phi) is 16.3. The lowest BCUT2D eigenvalue weighted by molar-refractivity contribution is -0.141. The van der Waals surface area contributed by atoms with Gasteiger partial charge in [-0.15, -0.1) is 0 Å². The van der Waals surface area contributed by atoms with E-state index in [0.29, 0.717) is 66.1 Å². The van der Waals surface area contributed by atoms with E-state index in [9.17, 15) is 4.79 Å². The van der Waals surface area contributed by atoms with Gasteiger partial charge in [0.15, 0.2) is 8.32 Å². The molecule has 204 valence electrons. The Hall–Kier alpha value is -0.336. The summed E-state index contributed by atoms with van der Waals surface area (Å²) in [6.07, 6.45) is 0. The van der Waals surface area contributed by atoms with Gasteiger partial charge in [0, 0.05) is 0 Å². The monoisotopic (exact) mass is 524 g/mol. The molecule has 0 spiro atoms. The lowest BCUT2D eigenvalue weighted by Gasteiger charge is -2.36. The number of carbonyl (C=O) groups is 1. The average molecular weight is 525 g/mol. The van der Waals surface area contributed by atoms with Gasteiger partial charge in [0.1, 0.15) is 6.61 Å². The topological polar surface area (TPSA) is 81.7 Å². The highest BCUT2D eigenvalue weighted by Crippen LogP contribution is 2.37. The fourth-order valence-electron chi connectivity index (χ4n) is 2.07. The van der Waals surface area contributed by atoms with Crippen LogP contribution < -0.4 is 0 Å². The Morgan fingerprint density at radius 2 is 0.853 bits per heavy atom. The highest BCUT2D eigenvalue weighted by molar-refractivity contribution is 6.75. The van der Waals surface area contributed by atoms with Crippen LogP contribution in [0, 0.1) is 0 Å². The van der Waals surface area contributed by atoms with Crippen molar-refractivity contribution in [3.05, 3.63) is 0 Å². The zero-order chi connectivity index (χ0) is 26.3. The smallest absolute Gasteiger partial charge is 0.318 e. The Labute approximate surface area is 210 Å². The SMILES string of the molecule is CC(C)(C)[Si](C)(C)OCCOCCOCCOCCOCCOCC(=O)O[Si](C)(C)C(C)(C)C. The summed E-state index contributed by atoms with van der Waals surface area (Å²) < 4.78 is 39.0. The molecule has 0 aromatic rings. The first-order valence-corrected chi connectivity index (χ1v) is 18.2. The van der Waals surface area contributed by atoms with Gasteiger partial charge in [0.2, 0.25) is 0 Å². The molecule has 0 atom stereocenters. The molecule has 0 aromatic carbocycles. The molecule has 0 rings (SSSR count). The molecule has 0 aromatic heterocycles. The van der Waals surface area contributed by atoms with Gasteiger partial charge in [-0.1, -0.05) is 41.5 Å². The summed E-state index contributed by atoms with van der Waals surface area (Å²) in [6, 6.07) is 0. The third kappa shape index (κ3) is 15.6. The van der Waals surface area contributed by atoms with E-state index in [4.69, 9.17) is 32.5 Å². The minimum Gasteiger partial charge on any atom is -0.517 e. The normalized spacial score (nSPS) is 13.4. The van der Waals surface area contributed by atoms with Crippen LogP contribution in [0.25, 0.3) is 0 Å². The van der Waals surface area contributed by atoms with E-state index in [1.165, 1.54) is 0 Å². The van der Waals surface area contributed by atoms with E-state index in [0.717, 1.165) is 0 Å². The van der Waals surface area contributed by atoms with E-state index in [-0.39, 0.29) is 22.7 Å². The van der Waals surface area contributed by atoms with Crippen LogP contribution in [0.3, 0.4) is 0 Å². The quantitative estimate of drug-likeness (QED) is 0.179. The Morgan fingerprint density at radius 3 is 1.21 bits per heavy atom. The van der Waals surface area contributed by atoms with Crippen molar-refractivity contribution in [1.82, 2.24) is 0 Å². The van der Waals surface area contributed by atoms with Crippen molar-refractivity contribution in [3.63, 3.8) is 0 Å². The maximum absolute atomic E-state index is 11.9. The summed E-state index contributed by atoms with van der Waals surface area (Å²) in [7, 11) is -3.78. The van der Waals surface area contributed by atoms with E-state index >= 15 is 0 Å². The van der Waals surface area contributed by atoms with Crippen molar-refractivity contribution in [3.8, 4) is 0 Å². The van der Waals surface area contributed by atoms with Crippen LogP contribution in [0.15, 0.2) is 0 Å². The minimum atomic E-state index is -2.09. The number of ether oxygens (including phenoxy) is 5. The molecular weight excluding hydrogens is 472 g/mol. The maximum Gasteiger partial charge on any atom is 0.318 e. The third-order valence-electron chi connectivity index (χ3n) is 6.38. The maximum atomic E-state index is 11.9. The first-order chi connectivity index (χ1) is 15.6. The molecule has 0 aliphatic heterocycles. The van der Waals surface area contributed by atoms with Gasteiger partial charge in [0.05, 0.1) is 66.1 Å². The fraction of sp³-hybridized carbons (Fsp3) is 0.958. The molecule has 0 aliphatic carbocycles. The fourth-order valence-corrected chi connectivity index (χ4v) is 4.04. The largest absolute Gasteiger partial charge is 0.517 e. The van der Waals surface area contributed by atoms with Crippen molar-refractivity contribution < 1.29 is 37.3 Å². The molecule has 0 bridgehead atoms. The van der Waals surface area contributed by atoms with Crippen LogP contribution in [0.4, 0.5) is 0 Å². The molecule has 0 amide bonds. The predicted molar refractivity (Wildman–Crippen MR) is 141 cm³/mol. The van der Waals surface area contributed by atoms with Crippen LogP contribution in [-0.2, 0) is 37.3 Å². The molecule has 10 heteroatoms. The molecule has 0 unspecified atom stereocenters. The van der Waals surface area contributed by atoms with Crippen LogP contribution in [-0.4, -0.2) is 95.3 Å². The van der Waals surface area contributed by atoms with Gasteiger partial charge in [0.25, 0.3) is 8.32 Å². The lowest BCUT2D eigenvalue weighted by atomic mass is 10.2. The van der Waals surface area contributed by atoms with Gasteiger partial charge in [-0.2, -0.15) is 0 Å². The number of hydrogen-bond donors (Lipinski definition) is 0. The second kappa shape index (κ2) is 16.4. The van der Waals surface area contributed by atoms with Crippen molar-refractivity contribution in [2.45, 2.75) is 77.8 Å². The first-order valence-electron chi connectivity index (χ1n) is 12.3. The van der Waals surface area contributed by atoms with E-state index in [2.05, 4.69) is 54.6 Å². The van der Waals surface area contributed by atoms with Gasteiger partial charge < -0.3 is 32.5 Å². The van der Waals surface area contributed by atoms with E-state index in [1.807, 2.05) is 13.1 Å². The predicted octanol–water partition coefficient (Wildman–Crippen LogP) is 4.64. The number of carbonyl (C=O) groups excluding carboxylic acids is 1. The van der Waals surface area contributed by atoms with E-state index < -0.39 is 16.6 Å². The summed E-state index contributed by atoms with van der Waals surface area (Å²) in [4.78, 5) is 11.9. The number of hydrogen-bond acceptors (Lipinski definition) is 8. The van der Waals surface area contributed by atoms with Crippen molar-refractivity contribution in [2.24, 2.45) is 0 Å². The molecule has 34 heavy (non-hydrogen) atoms. The minimum absolute atomic E-state index is 0.00935. The van der Waals surface area contributed by atoms with Crippen molar-refractivity contribution >= 4 is 22.6 Å². The van der Waals surface area contributed by atoms with Crippen LogP contribution in [0.1, 0.15) is 41.5 Å². The molecule has 0 radical (unpaired) electrons. The third-order valence-corrected chi connectivity index (χ3v) is 15.3. The number of rotatable bonds is 19. The first kappa shape index (κ1) is 33.7. The molecule has 0 N–H and O–H groups in total. The lowest BCUT2D eigenvalue weighted by Crippen LogP contribution is -2.43. The van der Waals surface area contributed by atoms with Crippen LogP contribution >= 0.6 is 0 Å². The summed E-state index contributed by atoms with van der Waals surface area (Å²) in [6.45, 7) is 26.5. The Bertz CT molecular complexity index is 542. The molecule has 0 saturated carbocycles. The van der Waals surface area contributed by atoms with Gasteiger partial charge in [-0.25, -0.2) is 0 Å². The highest BCUT2D eigenvalue weighted by atomic mass is 28.4. The van der Waals surface area contributed by atoms with Crippen molar-refractivity contribution in [1.29, 1.82) is 0 Å². The molecular formula is C24H52O8Si2. The standard InChI is InChI=1S/C24H52O8Si2/c1-23(2,3)33(7,8)31-20-19-29-16-15-27-12-11-26-13-14-28-17-18-30-21-22(25)32-34(9,10)24(4,5)6/h11-21H2,1-10H3. The zero-order valence-corrected chi connectivity index (χ0v) is 25.5. The van der Waals surface area contributed by atoms with Crippen LogP contribution in [0.5, 0.6) is 0 Å². The second-order valence-corrected chi connectivity index (χ2v) is 20.9. The summed E-state index contributed by atoms with van der Waals surface area (Å²) >= 11 is 0. The molecule has 0 heterocycles. The summed E-state index contributed by atoms with van der Waals surface area (Å²) in [5.41, 5.74) is 0. The van der Waals surface area contributed by atoms with Crippen molar-refractivity contribution in [2.75, 3.05) is 72.7 Å². The van der Waals surface area contributed by atoms with Gasteiger partial charge in [-0.05, 0) is 36.3 Å². The Morgan fingerprint density at radius 1 is 0.529 bits per heavy atom. The van der Waals surface area contributed by atoms with Gasteiger partial charge >= 0.3 is 5.97 Å². The summed E-state index contributed by atoms with van der Waals surface area (Å²) in [5, 5.41) is 0.208. The van der Waals surface area contributed by atoms with E-state index in [1.54, 1.807) is 0 Å². The molecule has 0 fully saturated rings. The van der Waals surface area contributed by atoms with Crippen LogP contribution in [0.2, 0.25) is 36.3 Å². The zero-order valence-electron chi connectivity index (χ0n) is 23.5.